The van der Waals surface area contributed by atoms with Crippen LogP contribution in [0.4, 0.5) is 5.95 Å². The molecule has 180 valence electrons. The fourth-order valence-electron chi connectivity index (χ4n) is 3.83. The number of carbonyl (C=O) groups excluding carboxylic acids is 1. The van der Waals surface area contributed by atoms with Crippen LogP contribution in [0.2, 0.25) is 0 Å². The smallest absolute Gasteiger partial charge is 0.219 e. The van der Waals surface area contributed by atoms with Gasteiger partial charge in [-0.15, -0.1) is 0 Å². The van der Waals surface area contributed by atoms with Gasteiger partial charge in [0.2, 0.25) is 12.4 Å². The summed E-state index contributed by atoms with van der Waals surface area (Å²) in [4.78, 5) is 16.7. The molecule has 0 radical (unpaired) electrons. The van der Waals surface area contributed by atoms with Crippen molar-refractivity contribution < 1.29 is 4.79 Å². The number of nitrogens with zero attached hydrogens (tertiary/aromatic N) is 5. The largest absolute Gasteiger partial charge is 0.372 e. The Morgan fingerprint density at radius 2 is 1.57 bits per heavy atom. The van der Waals surface area contributed by atoms with Crippen molar-refractivity contribution in [2.24, 2.45) is 5.73 Å². The molecule has 35 heavy (non-hydrogen) atoms. The lowest BCUT2D eigenvalue weighted by atomic mass is 10.1. The first-order valence-corrected chi connectivity index (χ1v) is 11.4. The molecular weight excluding hydrogens is 438 g/mol. The van der Waals surface area contributed by atoms with Crippen LogP contribution in [0.3, 0.4) is 0 Å². The van der Waals surface area contributed by atoms with Crippen molar-refractivity contribution in [3.8, 4) is 16.8 Å². The Morgan fingerprint density at radius 1 is 0.914 bits per heavy atom. The zero-order chi connectivity index (χ0) is 25.4. The normalized spacial score (nSPS) is 10.2. The molecule has 0 saturated heterocycles. The van der Waals surface area contributed by atoms with E-state index in [1.807, 2.05) is 25.5 Å². The number of anilines is 1. The SMILES string of the molecule is CC.Cc1cc(C)n(-c2ccc3c(ccn3Cc3ccc(-c4cnc(N)nc4)cc3)c2)n1.NC=O. The number of aryl methyl sites for hydroxylation is 2. The van der Waals surface area contributed by atoms with Gasteiger partial charge in [0.05, 0.1) is 11.4 Å². The number of nitrogens with two attached hydrogens (primary N) is 2. The van der Waals surface area contributed by atoms with Gasteiger partial charge in [-0.3, -0.25) is 4.79 Å². The van der Waals surface area contributed by atoms with E-state index < -0.39 is 0 Å². The third-order valence-electron chi connectivity index (χ3n) is 5.32. The fraction of sp³-hybridized carbons (Fsp3) is 0.185. The highest BCUT2D eigenvalue weighted by molar-refractivity contribution is 5.82. The van der Waals surface area contributed by atoms with Crippen LogP contribution < -0.4 is 11.5 Å². The third kappa shape index (κ3) is 5.92. The molecule has 0 spiro atoms. The number of primary amides is 1. The van der Waals surface area contributed by atoms with Crippen LogP contribution in [0.15, 0.2) is 73.2 Å². The summed E-state index contributed by atoms with van der Waals surface area (Å²) in [6, 6.07) is 19.2. The second kappa shape index (κ2) is 11.6. The van der Waals surface area contributed by atoms with Crippen LogP contribution >= 0.6 is 0 Å². The number of aromatic nitrogens is 5. The average Bonchev–Trinajstić information content (AvgIpc) is 3.43. The molecule has 5 rings (SSSR count). The van der Waals surface area contributed by atoms with Gasteiger partial charge < -0.3 is 16.0 Å². The quantitative estimate of drug-likeness (QED) is 0.371. The highest BCUT2D eigenvalue weighted by atomic mass is 16.1. The van der Waals surface area contributed by atoms with Crippen molar-refractivity contribution in [3.05, 3.63) is 90.1 Å². The van der Waals surface area contributed by atoms with Crippen molar-refractivity contribution in [1.29, 1.82) is 0 Å². The standard InChI is InChI=1S/C24H22N6.C2H6.CH3NO/c1-16-11-17(2)30(28-16)22-7-8-23-20(12-22)9-10-29(23)15-18-3-5-19(6-4-18)21-13-26-24(25)27-14-21;1-2;2-1-3/h3-14H,15H2,1-2H3,(H2,25,26,27);1-2H3;1H,(H2,2,3). The van der Waals surface area contributed by atoms with Gasteiger partial charge in [-0.05, 0) is 55.3 Å². The van der Waals surface area contributed by atoms with E-state index in [-0.39, 0.29) is 12.4 Å². The zero-order valence-electron chi connectivity index (χ0n) is 20.5. The highest BCUT2D eigenvalue weighted by Gasteiger charge is 2.08. The Morgan fingerprint density at radius 3 is 2.17 bits per heavy atom. The summed E-state index contributed by atoms with van der Waals surface area (Å²) >= 11 is 0. The van der Waals surface area contributed by atoms with E-state index in [0.717, 1.165) is 34.7 Å². The molecule has 3 heterocycles. The lowest BCUT2D eigenvalue weighted by Gasteiger charge is -2.09. The number of hydrogen-bond donors (Lipinski definition) is 2. The molecule has 3 aromatic heterocycles. The van der Waals surface area contributed by atoms with Crippen LogP contribution in [0.5, 0.6) is 0 Å². The number of hydrogen-bond acceptors (Lipinski definition) is 5. The average molecular weight is 470 g/mol. The lowest BCUT2D eigenvalue weighted by Crippen LogP contribution is -2.00. The molecule has 8 heteroatoms. The minimum Gasteiger partial charge on any atom is -0.372 e. The molecule has 8 nitrogen and oxygen atoms in total. The van der Waals surface area contributed by atoms with Crippen molar-refractivity contribution in [1.82, 2.24) is 24.3 Å². The fourth-order valence-corrected chi connectivity index (χ4v) is 3.83. The summed E-state index contributed by atoms with van der Waals surface area (Å²) in [5, 5.41) is 5.80. The van der Waals surface area contributed by atoms with Crippen LogP contribution in [0.1, 0.15) is 30.8 Å². The minimum atomic E-state index is 0.250. The summed E-state index contributed by atoms with van der Waals surface area (Å²) in [7, 11) is 0. The minimum absolute atomic E-state index is 0.250. The maximum atomic E-state index is 8.58. The highest BCUT2D eigenvalue weighted by Crippen LogP contribution is 2.23. The molecule has 0 aliphatic rings. The Kier molecular flexibility index (Phi) is 8.34. The summed E-state index contributed by atoms with van der Waals surface area (Å²) in [5.41, 5.74) is 17.5. The Bertz CT molecular complexity index is 1380. The number of benzene rings is 2. The maximum Gasteiger partial charge on any atom is 0.219 e. The Hall–Kier alpha value is -4.46. The van der Waals surface area contributed by atoms with Gasteiger partial charge in [-0.1, -0.05) is 38.1 Å². The monoisotopic (exact) mass is 469 g/mol. The van der Waals surface area contributed by atoms with Gasteiger partial charge in [0, 0.05) is 47.3 Å². The molecule has 4 N–H and O–H groups in total. The molecule has 0 aliphatic heterocycles. The van der Waals surface area contributed by atoms with Gasteiger partial charge in [0.1, 0.15) is 0 Å². The van der Waals surface area contributed by atoms with Gasteiger partial charge >= 0.3 is 0 Å². The third-order valence-corrected chi connectivity index (χ3v) is 5.32. The van der Waals surface area contributed by atoms with Crippen LogP contribution in [-0.2, 0) is 11.3 Å². The van der Waals surface area contributed by atoms with Gasteiger partial charge in [0.15, 0.2) is 0 Å². The van der Waals surface area contributed by atoms with E-state index in [1.54, 1.807) is 12.4 Å². The van der Waals surface area contributed by atoms with E-state index >= 15 is 0 Å². The summed E-state index contributed by atoms with van der Waals surface area (Å²) < 4.78 is 4.26. The van der Waals surface area contributed by atoms with Crippen LogP contribution in [0, 0.1) is 13.8 Å². The van der Waals surface area contributed by atoms with Crippen LogP contribution in [-0.4, -0.2) is 30.7 Å². The number of amides is 1. The summed E-state index contributed by atoms with van der Waals surface area (Å²) in [6.45, 7) is 8.90. The Labute approximate surface area is 205 Å². The van der Waals surface area contributed by atoms with Crippen molar-refractivity contribution in [2.45, 2.75) is 34.2 Å². The molecule has 2 aromatic carbocycles. The zero-order valence-corrected chi connectivity index (χ0v) is 20.5. The first-order valence-electron chi connectivity index (χ1n) is 11.4. The predicted molar refractivity (Wildman–Crippen MR) is 141 cm³/mol. The van der Waals surface area contributed by atoms with Crippen LogP contribution in [0.25, 0.3) is 27.7 Å². The van der Waals surface area contributed by atoms with Crippen molar-refractivity contribution in [3.63, 3.8) is 0 Å². The topological polar surface area (TPSA) is 118 Å². The van der Waals surface area contributed by atoms with E-state index in [1.165, 1.54) is 16.5 Å². The van der Waals surface area contributed by atoms with Gasteiger partial charge in [0.25, 0.3) is 0 Å². The summed E-state index contributed by atoms with van der Waals surface area (Å²) in [6.07, 6.45) is 5.88. The van der Waals surface area contributed by atoms with Crippen molar-refractivity contribution >= 4 is 23.3 Å². The number of fused-ring (bicyclic) bond motifs is 1. The molecule has 5 aromatic rings. The molecule has 0 unspecified atom stereocenters. The van der Waals surface area contributed by atoms with Gasteiger partial charge in [-0.25, -0.2) is 14.6 Å². The van der Waals surface area contributed by atoms with Gasteiger partial charge in [-0.2, -0.15) is 5.10 Å². The van der Waals surface area contributed by atoms with E-state index in [9.17, 15) is 0 Å². The first kappa shape index (κ1) is 25.2. The van der Waals surface area contributed by atoms with E-state index in [0.29, 0.717) is 0 Å². The molecule has 0 fully saturated rings. The second-order valence-corrected chi connectivity index (χ2v) is 7.69. The molecular formula is C27H31N7O. The predicted octanol–water partition coefficient (Wildman–Crippen LogP) is 4.66. The molecule has 1 amide bonds. The molecule has 0 aliphatic carbocycles. The number of carbonyl (C=O) groups is 1. The molecule has 0 saturated carbocycles. The van der Waals surface area contributed by atoms with Crippen molar-refractivity contribution in [2.75, 3.05) is 5.73 Å². The summed E-state index contributed by atoms with van der Waals surface area (Å²) in [5.74, 6) is 0.288. The number of rotatable bonds is 4. The molecule has 0 atom stereocenters. The Balaban J connectivity index is 0.000000638. The first-order chi connectivity index (χ1) is 17.0. The van der Waals surface area contributed by atoms with E-state index in [2.05, 4.69) is 93.1 Å². The van der Waals surface area contributed by atoms with E-state index in [4.69, 9.17) is 10.5 Å². The maximum absolute atomic E-state index is 8.58. The lowest BCUT2D eigenvalue weighted by molar-refractivity contribution is -0.106. The molecule has 0 bridgehead atoms. The second-order valence-electron chi connectivity index (χ2n) is 7.69. The number of nitrogen functional groups attached to an aromatic ring is 1.